The molecule has 2 amide bonds. The summed E-state index contributed by atoms with van der Waals surface area (Å²) in [5.41, 5.74) is 0.463. The van der Waals surface area contributed by atoms with E-state index in [1.165, 1.54) is 24.3 Å². The molecule has 0 fully saturated rings. The number of phenols is 1. The Morgan fingerprint density at radius 3 is 2.14 bits per heavy atom. The Morgan fingerprint density at radius 2 is 1.57 bits per heavy atom. The van der Waals surface area contributed by atoms with Crippen LogP contribution in [0.25, 0.3) is 0 Å². The molecule has 0 atom stereocenters. The number of carbonyl (C=O) groups is 2. The second kappa shape index (κ2) is 4.95. The third kappa shape index (κ3) is 2.20. The number of aromatic hydroxyl groups is 1. The highest BCUT2D eigenvalue weighted by Crippen LogP contribution is 2.38. The van der Waals surface area contributed by atoms with Gasteiger partial charge >= 0.3 is 0 Å². The Hall–Kier alpha value is -2.24. The van der Waals surface area contributed by atoms with Crippen LogP contribution in [0.3, 0.4) is 0 Å². The maximum Gasteiger partial charge on any atom is 0.295 e. The number of amides is 2. The molecule has 21 heavy (non-hydrogen) atoms. The van der Waals surface area contributed by atoms with Crippen LogP contribution in [0.5, 0.6) is 11.5 Å². The predicted molar refractivity (Wildman–Crippen MR) is 75.7 cm³/mol. The first-order valence-electron chi connectivity index (χ1n) is 5.83. The minimum atomic E-state index is -0.619. The molecule has 0 aromatic heterocycles. The number of benzene rings is 2. The van der Waals surface area contributed by atoms with Crippen molar-refractivity contribution in [3.05, 3.63) is 57.6 Å². The fourth-order valence-electron chi connectivity index (χ4n) is 1.96. The number of fused-ring (bicyclic) bond motifs is 1. The summed E-state index contributed by atoms with van der Waals surface area (Å²) in [5.74, 6) is -1.82. The van der Waals surface area contributed by atoms with Crippen molar-refractivity contribution in [2.24, 2.45) is 0 Å². The molecule has 0 spiro atoms. The van der Waals surface area contributed by atoms with Gasteiger partial charge in [0.2, 0.25) is 5.75 Å². The van der Waals surface area contributed by atoms with Crippen molar-refractivity contribution in [1.82, 2.24) is 5.06 Å². The second-order valence-electron chi connectivity index (χ2n) is 4.28. The lowest BCUT2D eigenvalue weighted by Crippen LogP contribution is -2.33. The number of imide groups is 1. The molecule has 2 aromatic carbocycles. The molecule has 1 N–H and O–H groups in total. The molecule has 0 unspecified atom stereocenters. The predicted octanol–water partition coefficient (Wildman–Crippen LogP) is 3.29. The summed E-state index contributed by atoms with van der Waals surface area (Å²) < 4.78 is 0. The highest BCUT2D eigenvalue weighted by Gasteiger charge is 2.38. The van der Waals surface area contributed by atoms with E-state index < -0.39 is 17.6 Å². The van der Waals surface area contributed by atoms with E-state index in [1.54, 1.807) is 12.1 Å². The molecule has 1 aliphatic rings. The normalized spacial score (nSPS) is 13.5. The van der Waals surface area contributed by atoms with Gasteiger partial charge in [0.05, 0.1) is 16.1 Å². The van der Waals surface area contributed by atoms with E-state index in [1.807, 2.05) is 0 Å². The number of rotatable bonds is 2. The molecule has 1 aliphatic heterocycles. The molecule has 0 saturated carbocycles. The number of carbonyl (C=O) groups excluding carboxylic acids is 2. The number of halogens is 2. The average molecular weight is 324 g/mol. The SMILES string of the molecule is O=C1c2ccccc2C(=O)N1Oc1cc(Cl)cc(Cl)c1O. The van der Waals surface area contributed by atoms with E-state index in [-0.39, 0.29) is 26.9 Å². The summed E-state index contributed by atoms with van der Waals surface area (Å²) in [5, 5.41) is 10.5. The first kappa shape index (κ1) is 13.7. The van der Waals surface area contributed by atoms with E-state index in [0.717, 1.165) is 0 Å². The molecule has 0 bridgehead atoms. The molecular formula is C14H7Cl2NO4. The zero-order valence-corrected chi connectivity index (χ0v) is 11.9. The molecule has 2 aromatic rings. The van der Waals surface area contributed by atoms with E-state index in [9.17, 15) is 14.7 Å². The largest absolute Gasteiger partial charge is 0.503 e. The number of hydrogen-bond acceptors (Lipinski definition) is 4. The number of hydroxylamine groups is 2. The third-order valence-electron chi connectivity index (χ3n) is 2.94. The minimum absolute atomic E-state index is 0.0471. The van der Waals surface area contributed by atoms with Gasteiger partial charge in [-0.25, -0.2) is 0 Å². The van der Waals surface area contributed by atoms with Crippen LogP contribution in [0.15, 0.2) is 36.4 Å². The van der Waals surface area contributed by atoms with Gasteiger partial charge < -0.3 is 9.94 Å². The van der Waals surface area contributed by atoms with Crippen molar-refractivity contribution >= 4 is 35.0 Å². The molecule has 7 heteroatoms. The van der Waals surface area contributed by atoms with Crippen molar-refractivity contribution in [3.8, 4) is 11.5 Å². The molecule has 0 radical (unpaired) electrons. The van der Waals surface area contributed by atoms with Gasteiger partial charge in [-0.15, -0.1) is 0 Å². The van der Waals surface area contributed by atoms with Crippen molar-refractivity contribution in [1.29, 1.82) is 0 Å². The summed E-state index contributed by atoms with van der Waals surface area (Å²) in [6.45, 7) is 0. The van der Waals surface area contributed by atoms with Gasteiger partial charge in [-0.2, -0.15) is 0 Å². The minimum Gasteiger partial charge on any atom is -0.503 e. The van der Waals surface area contributed by atoms with Crippen LogP contribution in [0.4, 0.5) is 0 Å². The summed E-state index contributed by atoms with van der Waals surface area (Å²) in [6, 6.07) is 8.88. The quantitative estimate of drug-likeness (QED) is 0.861. The van der Waals surface area contributed by atoms with Gasteiger partial charge in [0.1, 0.15) is 0 Å². The molecular weight excluding hydrogens is 317 g/mol. The van der Waals surface area contributed by atoms with Gasteiger partial charge in [-0.3, -0.25) is 9.59 Å². The lowest BCUT2D eigenvalue weighted by atomic mass is 10.1. The monoisotopic (exact) mass is 323 g/mol. The summed E-state index contributed by atoms with van der Waals surface area (Å²) in [7, 11) is 0. The maximum atomic E-state index is 12.1. The lowest BCUT2D eigenvalue weighted by molar-refractivity contribution is -0.0152. The van der Waals surface area contributed by atoms with E-state index >= 15 is 0 Å². The Kier molecular flexibility index (Phi) is 3.23. The van der Waals surface area contributed by atoms with Gasteiger partial charge in [0.15, 0.2) is 5.75 Å². The Morgan fingerprint density at radius 1 is 1.00 bits per heavy atom. The summed E-state index contributed by atoms with van der Waals surface area (Å²) in [6.07, 6.45) is 0. The van der Waals surface area contributed by atoms with E-state index in [0.29, 0.717) is 5.06 Å². The van der Waals surface area contributed by atoms with Crippen LogP contribution in [0.2, 0.25) is 10.0 Å². The molecule has 0 aliphatic carbocycles. The van der Waals surface area contributed by atoms with Gasteiger partial charge in [0, 0.05) is 11.1 Å². The standard InChI is InChI=1S/C14H7Cl2NO4/c15-7-5-10(16)12(18)11(6-7)21-17-13(19)8-3-1-2-4-9(8)14(17)20/h1-6,18H. The van der Waals surface area contributed by atoms with Crippen LogP contribution < -0.4 is 4.84 Å². The van der Waals surface area contributed by atoms with Gasteiger partial charge in [0.25, 0.3) is 11.8 Å². The zero-order chi connectivity index (χ0) is 15.1. The van der Waals surface area contributed by atoms with Gasteiger partial charge in [-0.05, 0) is 18.2 Å². The topological polar surface area (TPSA) is 66.8 Å². The third-order valence-corrected chi connectivity index (χ3v) is 3.45. The highest BCUT2D eigenvalue weighted by molar-refractivity contribution is 6.35. The fourth-order valence-corrected chi connectivity index (χ4v) is 2.44. The van der Waals surface area contributed by atoms with Crippen LogP contribution in [0.1, 0.15) is 20.7 Å². The Labute approximate surface area is 129 Å². The highest BCUT2D eigenvalue weighted by atomic mass is 35.5. The molecule has 5 nitrogen and oxygen atoms in total. The molecule has 0 saturated heterocycles. The molecule has 1 heterocycles. The molecule has 106 valence electrons. The summed E-state index contributed by atoms with van der Waals surface area (Å²) >= 11 is 11.6. The van der Waals surface area contributed by atoms with E-state index in [4.69, 9.17) is 28.0 Å². The van der Waals surface area contributed by atoms with Crippen molar-refractivity contribution in [2.45, 2.75) is 0 Å². The summed E-state index contributed by atoms with van der Waals surface area (Å²) in [4.78, 5) is 29.4. The van der Waals surface area contributed by atoms with Crippen LogP contribution in [-0.2, 0) is 0 Å². The van der Waals surface area contributed by atoms with Crippen molar-refractivity contribution in [2.75, 3.05) is 0 Å². The zero-order valence-electron chi connectivity index (χ0n) is 10.3. The first-order chi connectivity index (χ1) is 9.99. The fraction of sp³-hybridized carbons (Fsp3) is 0. The number of hydrogen-bond donors (Lipinski definition) is 1. The lowest BCUT2D eigenvalue weighted by Gasteiger charge is -2.15. The Balaban J connectivity index is 1.98. The number of nitrogens with zero attached hydrogens (tertiary/aromatic N) is 1. The van der Waals surface area contributed by atoms with Gasteiger partial charge in [-0.1, -0.05) is 40.4 Å². The van der Waals surface area contributed by atoms with Crippen LogP contribution >= 0.6 is 23.2 Å². The number of phenolic OH excluding ortho intramolecular Hbond substituents is 1. The smallest absolute Gasteiger partial charge is 0.295 e. The van der Waals surface area contributed by atoms with Crippen LogP contribution in [0, 0.1) is 0 Å². The average Bonchev–Trinajstić information content (AvgIpc) is 2.70. The van der Waals surface area contributed by atoms with Crippen molar-refractivity contribution < 1.29 is 19.5 Å². The maximum absolute atomic E-state index is 12.1. The van der Waals surface area contributed by atoms with Crippen molar-refractivity contribution in [3.63, 3.8) is 0 Å². The molecule has 3 rings (SSSR count). The van der Waals surface area contributed by atoms with E-state index in [2.05, 4.69) is 0 Å². The van der Waals surface area contributed by atoms with Crippen LogP contribution in [-0.4, -0.2) is 22.0 Å². The first-order valence-corrected chi connectivity index (χ1v) is 6.58. The second-order valence-corrected chi connectivity index (χ2v) is 5.12. The Bertz CT molecular complexity index is 741.